The number of rotatable bonds is 8. The highest BCUT2D eigenvalue weighted by molar-refractivity contribution is 5.33. The molecule has 2 aromatic carbocycles. The molecule has 1 atom stereocenters. The molecule has 0 aliphatic heterocycles. The Bertz CT molecular complexity index is 1050. The lowest BCUT2D eigenvalue weighted by Crippen LogP contribution is -2.37. The van der Waals surface area contributed by atoms with Crippen LogP contribution in [-0.4, -0.2) is 46.7 Å². The largest absolute Gasteiger partial charge is 0.508 e. The molecule has 0 bridgehead atoms. The van der Waals surface area contributed by atoms with E-state index in [-0.39, 0.29) is 17.4 Å². The molecule has 1 aliphatic carbocycles. The number of phenolic OH excluding ortho intramolecular Hbond substituents is 1. The van der Waals surface area contributed by atoms with Gasteiger partial charge in [0, 0.05) is 24.3 Å². The molecule has 0 spiro atoms. The summed E-state index contributed by atoms with van der Waals surface area (Å²) in [6.07, 6.45) is 3.77. The number of anilines is 1. The van der Waals surface area contributed by atoms with Crippen LogP contribution in [0.25, 0.3) is 0 Å². The van der Waals surface area contributed by atoms with Crippen molar-refractivity contribution in [3.05, 3.63) is 87.3 Å². The molecule has 1 heterocycles. The molecule has 162 valence electrons. The number of aromatic hydroxyl groups is 1. The van der Waals surface area contributed by atoms with Crippen molar-refractivity contribution >= 4 is 5.95 Å². The Morgan fingerprint density at radius 1 is 1.13 bits per heavy atom. The van der Waals surface area contributed by atoms with Crippen LogP contribution in [0.1, 0.15) is 22.4 Å². The molecule has 6 heteroatoms. The molecule has 31 heavy (non-hydrogen) atoms. The number of phenols is 1. The molecule has 0 saturated heterocycles. The fourth-order valence-electron chi connectivity index (χ4n) is 4.36. The Morgan fingerprint density at radius 3 is 2.45 bits per heavy atom. The molecule has 1 aliphatic rings. The van der Waals surface area contributed by atoms with Crippen LogP contribution >= 0.6 is 0 Å². The topological polar surface area (TPSA) is 81.2 Å². The van der Waals surface area contributed by atoms with Crippen molar-refractivity contribution in [3.8, 4) is 5.75 Å². The van der Waals surface area contributed by atoms with Gasteiger partial charge in [0.25, 0.3) is 5.56 Å². The van der Waals surface area contributed by atoms with E-state index in [0.717, 1.165) is 36.9 Å². The van der Waals surface area contributed by atoms with E-state index in [2.05, 4.69) is 44.5 Å². The number of benzene rings is 2. The lowest BCUT2D eigenvalue weighted by Gasteiger charge is -2.25. The maximum absolute atomic E-state index is 12.2. The third kappa shape index (κ3) is 5.52. The lowest BCUT2D eigenvalue weighted by atomic mass is 10.00. The van der Waals surface area contributed by atoms with E-state index in [1.165, 1.54) is 11.1 Å². The Kier molecular flexibility index (Phi) is 6.37. The summed E-state index contributed by atoms with van der Waals surface area (Å²) in [6.45, 7) is 0.648. The normalized spacial score (nSPS) is 14.5. The highest BCUT2D eigenvalue weighted by Gasteiger charge is 2.22. The fraction of sp³-hybridized carbons (Fsp3) is 0.360. The van der Waals surface area contributed by atoms with Gasteiger partial charge in [0.2, 0.25) is 5.95 Å². The molecule has 1 aromatic heterocycles. The molecule has 0 saturated carbocycles. The first kappa shape index (κ1) is 21.1. The maximum Gasteiger partial charge on any atom is 0.274 e. The summed E-state index contributed by atoms with van der Waals surface area (Å²) in [7, 11) is 4.08. The second-order valence-corrected chi connectivity index (χ2v) is 8.71. The van der Waals surface area contributed by atoms with Crippen molar-refractivity contribution in [2.45, 2.75) is 31.7 Å². The number of aromatic nitrogens is 2. The predicted molar refractivity (Wildman–Crippen MR) is 124 cm³/mol. The fourth-order valence-corrected chi connectivity index (χ4v) is 4.36. The van der Waals surface area contributed by atoms with Crippen molar-refractivity contribution < 1.29 is 5.11 Å². The Morgan fingerprint density at radius 2 is 1.81 bits per heavy atom. The Labute approximate surface area is 183 Å². The number of likely N-dealkylation sites (N-methyl/N-ethyl adjacent to an activating group) is 1. The molecule has 6 nitrogen and oxygen atoms in total. The lowest BCUT2D eigenvalue weighted by molar-refractivity contribution is 0.303. The van der Waals surface area contributed by atoms with E-state index in [0.29, 0.717) is 18.4 Å². The quantitative estimate of drug-likeness (QED) is 0.524. The van der Waals surface area contributed by atoms with Crippen molar-refractivity contribution in [1.82, 2.24) is 14.9 Å². The number of hydrogen-bond donors (Lipinski definition) is 3. The van der Waals surface area contributed by atoms with E-state index in [1.807, 2.05) is 26.2 Å². The molecule has 3 N–H and O–H groups in total. The third-order valence-electron chi connectivity index (χ3n) is 6.09. The van der Waals surface area contributed by atoms with Gasteiger partial charge in [0.15, 0.2) is 0 Å². The summed E-state index contributed by atoms with van der Waals surface area (Å²) in [4.78, 5) is 21.8. The standard InChI is InChI=1S/C25H30N4O2/c1-29(2)22(14-17-7-9-23(30)10-8-17)16-26-25-27-21(15-24(31)28-25)13-18-11-19-5-3-4-6-20(19)12-18/h3-10,15,18,22,30H,11-14,16H2,1-2H3,(H2,26,27,28,31)/t22-/m0/s1. The van der Waals surface area contributed by atoms with Crippen LogP contribution in [0.3, 0.4) is 0 Å². The first-order chi connectivity index (χ1) is 15.0. The van der Waals surface area contributed by atoms with E-state index in [4.69, 9.17) is 0 Å². The highest BCUT2D eigenvalue weighted by Crippen LogP contribution is 2.28. The number of H-pyrrole nitrogens is 1. The minimum absolute atomic E-state index is 0.211. The van der Waals surface area contributed by atoms with Crippen LogP contribution in [-0.2, 0) is 25.7 Å². The van der Waals surface area contributed by atoms with Gasteiger partial charge in [-0.1, -0.05) is 36.4 Å². The van der Waals surface area contributed by atoms with E-state index in [9.17, 15) is 9.90 Å². The van der Waals surface area contributed by atoms with Crippen LogP contribution in [0, 0.1) is 5.92 Å². The zero-order valence-electron chi connectivity index (χ0n) is 18.1. The molecule has 4 rings (SSSR count). The van der Waals surface area contributed by atoms with Gasteiger partial charge in [-0.05, 0) is 74.5 Å². The molecule has 0 unspecified atom stereocenters. The molecule has 3 aromatic rings. The van der Waals surface area contributed by atoms with Crippen LogP contribution < -0.4 is 10.9 Å². The number of hydrogen-bond acceptors (Lipinski definition) is 5. The van der Waals surface area contributed by atoms with Crippen LogP contribution in [0.15, 0.2) is 59.4 Å². The van der Waals surface area contributed by atoms with Gasteiger partial charge in [-0.2, -0.15) is 4.98 Å². The minimum atomic E-state index is -0.216. The monoisotopic (exact) mass is 418 g/mol. The van der Waals surface area contributed by atoms with Gasteiger partial charge >= 0.3 is 0 Å². The molecular formula is C25H30N4O2. The van der Waals surface area contributed by atoms with Crippen molar-refractivity contribution in [3.63, 3.8) is 0 Å². The van der Waals surface area contributed by atoms with Gasteiger partial charge in [-0.15, -0.1) is 0 Å². The first-order valence-corrected chi connectivity index (χ1v) is 10.8. The zero-order valence-corrected chi connectivity index (χ0v) is 18.1. The SMILES string of the molecule is CN(C)[C@H](CNc1nc(=O)cc(CC2Cc3ccccc3C2)[nH]1)Cc1ccc(O)cc1. The number of nitrogens with zero attached hydrogens (tertiary/aromatic N) is 2. The van der Waals surface area contributed by atoms with E-state index in [1.54, 1.807) is 18.2 Å². The van der Waals surface area contributed by atoms with E-state index < -0.39 is 0 Å². The van der Waals surface area contributed by atoms with Gasteiger partial charge in [-0.25, -0.2) is 0 Å². The summed E-state index contributed by atoms with van der Waals surface area (Å²) >= 11 is 0. The van der Waals surface area contributed by atoms with Crippen molar-refractivity contribution in [1.29, 1.82) is 0 Å². The summed E-state index contributed by atoms with van der Waals surface area (Å²) in [5.74, 6) is 1.30. The first-order valence-electron chi connectivity index (χ1n) is 10.8. The Balaban J connectivity index is 1.39. The van der Waals surface area contributed by atoms with Crippen LogP contribution in [0.4, 0.5) is 5.95 Å². The second kappa shape index (κ2) is 9.35. The van der Waals surface area contributed by atoms with Crippen molar-refractivity contribution in [2.75, 3.05) is 26.0 Å². The number of nitrogens with one attached hydrogen (secondary N) is 2. The van der Waals surface area contributed by atoms with Gasteiger partial charge < -0.3 is 20.3 Å². The van der Waals surface area contributed by atoms with E-state index >= 15 is 0 Å². The molecule has 0 amide bonds. The molecular weight excluding hydrogens is 388 g/mol. The van der Waals surface area contributed by atoms with Crippen molar-refractivity contribution in [2.24, 2.45) is 5.92 Å². The third-order valence-corrected chi connectivity index (χ3v) is 6.09. The van der Waals surface area contributed by atoms with Gasteiger partial charge in [0.1, 0.15) is 5.75 Å². The summed E-state index contributed by atoms with van der Waals surface area (Å²) < 4.78 is 0. The minimum Gasteiger partial charge on any atom is -0.508 e. The van der Waals surface area contributed by atoms with Gasteiger partial charge in [-0.3, -0.25) is 4.79 Å². The summed E-state index contributed by atoms with van der Waals surface area (Å²) in [5, 5.41) is 12.8. The summed E-state index contributed by atoms with van der Waals surface area (Å²) in [6, 6.07) is 17.7. The highest BCUT2D eigenvalue weighted by atomic mass is 16.3. The molecule has 0 fully saturated rings. The zero-order chi connectivity index (χ0) is 21.8. The average Bonchev–Trinajstić information content (AvgIpc) is 3.14. The Hall–Kier alpha value is -3.12. The number of aromatic amines is 1. The average molecular weight is 419 g/mol. The predicted octanol–water partition coefficient (Wildman–Crippen LogP) is 3.02. The second-order valence-electron chi connectivity index (χ2n) is 8.71. The van der Waals surface area contributed by atoms with Crippen LogP contribution in [0.2, 0.25) is 0 Å². The maximum atomic E-state index is 12.2. The van der Waals surface area contributed by atoms with Gasteiger partial charge in [0.05, 0.1) is 0 Å². The summed E-state index contributed by atoms with van der Waals surface area (Å²) in [5.41, 5.74) is 4.71. The molecule has 0 radical (unpaired) electrons. The smallest absolute Gasteiger partial charge is 0.274 e. The number of fused-ring (bicyclic) bond motifs is 1. The van der Waals surface area contributed by atoms with Crippen LogP contribution in [0.5, 0.6) is 5.75 Å².